The highest BCUT2D eigenvalue weighted by Crippen LogP contribution is 2.21. The lowest BCUT2D eigenvalue weighted by molar-refractivity contribution is -0.122. The van der Waals surface area contributed by atoms with E-state index >= 15 is 0 Å². The molecule has 0 unspecified atom stereocenters. The van der Waals surface area contributed by atoms with E-state index in [-0.39, 0.29) is 24.4 Å². The van der Waals surface area contributed by atoms with Crippen molar-refractivity contribution >= 4 is 45.6 Å². The predicted molar refractivity (Wildman–Crippen MR) is 69.6 cm³/mol. The van der Waals surface area contributed by atoms with Crippen molar-refractivity contribution < 1.29 is 4.79 Å². The first-order chi connectivity index (χ1) is 6.63. The SMILES string of the molecule is CNC(=O)[C@@H](C)NCc1ccc(Br)s1.Cl. The molecule has 6 heteroatoms. The summed E-state index contributed by atoms with van der Waals surface area (Å²) in [6.45, 7) is 2.58. The number of hydrogen-bond donors (Lipinski definition) is 2. The highest BCUT2D eigenvalue weighted by atomic mass is 79.9. The Kier molecular flexibility index (Phi) is 7.17. The highest BCUT2D eigenvalue weighted by molar-refractivity contribution is 9.11. The molecule has 1 aromatic heterocycles. The zero-order chi connectivity index (χ0) is 10.6. The summed E-state index contributed by atoms with van der Waals surface area (Å²) in [5.74, 6) is 0.0145. The highest BCUT2D eigenvalue weighted by Gasteiger charge is 2.09. The fraction of sp³-hybridized carbons (Fsp3) is 0.444. The topological polar surface area (TPSA) is 41.1 Å². The van der Waals surface area contributed by atoms with Gasteiger partial charge in [-0.15, -0.1) is 23.7 Å². The first-order valence-corrected chi connectivity index (χ1v) is 5.93. The van der Waals surface area contributed by atoms with E-state index in [0.717, 1.165) is 10.3 Å². The average molecular weight is 314 g/mol. The summed E-state index contributed by atoms with van der Waals surface area (Å²) >= 11 is 5.06. The van der Waals surface area contributed by atoms with E-state index in [2.05, 4.69) is 26.6 Å². The number of hydrogen-bond acceptors (Lipinski definition) is 3. The normalized spacial score (nSPS) is 11.7. The summed E-state index contributed by atoms with van der Waals surface area (Å²) in [6.07, 6.45) is 0. The van der Waals surface area contributed by atoms with E-state index in [1.54, 1.807) is 18.4 Å². The first-order valence-electron chi connectivity index (χ1n) is 4.32. The Morgan fingerprint density at radius 3 is 2.73 bits per heavy atom. The smallest absolute Gasteiger partial charge is 0.236 e. The number of halogens is 2. The minimum Gasteiger partial charge on any atom is -0.358 e. The molecule has 0 radical (unpaired) electrons. The van der Waals surface area contributed by atoms with Gasteiger partial charge in [0.25, 0.3) is 0 Å². The van der Waals surface area contributed by atoms with Gasteiger partial charge in [-0.3, -0.25) is 4.79 Å². The van der Waals surface area contributed by atoms with Crippen LogP contribution >= 0.6 is 39.7 Å². The minimum atomic E-state index is -0.152. The lowest BCUT2D eigenvalue weighted by Crippen LogP contribution is -2.40. The minimum absolute atomic E-state index is 0. The molecule has 1 aromatic rings. The summed E-state index contributed by atoms with van der Waals surface area (Å²) in [5, 5.41) is 5.74. The fourth-order valence-electron chi connectivity index (χ4n) is 1.01. The van der Waals surface area contributed by atoms with Gasteiger partial charge < -0.3 is 10.6 Å². The van der Waals surface area contributed by atoms with Gasteiger partial charge in [-0.2, -0.15) is 0 Å². The molecule has 1 amide bonds. The second-order valence-electron chi connectivity index (χ2n) is 2.92. The van der Waals surface area contributed by atoms with Crippen LogP contribution in [0, 0.1) is 0 Å². The van der Waals surface area contributed by atoms with Crippen LogP contribution in [0.25, 0.3) is 0 Å². The largest absolute Gasteiger partial charge is 0.358 e. The van der Waals surface area contributed by atoms with Crippen molar-refractivity contribution in [3.8, 4) is 0 Å². The molecule has 0 aliphatic carbocycles. The Morgan fingerprint density at radius 2 is 2.27 bits per heavy atom. The van der Waals surface area contributed by atoms with Gasteiger partial charge in [-0.25, -0.2) is 0 Å². The number of carbonyl (C=O) groups excluding carboxylic acids is 1. The van der Waals surface area contributed by atoms with Crippen LogP contribution in [0.15, 0.2) is 15.9 Å². The molecule has 1 atom stereocenters. The average Bonchev–Trinajstić information content (AvgIpc) is 2.59. The summed E-state index contributed by atoms with van der Waals surface area (Å²) < 4.78 is 1.11. The maximum Gasteiger partial charge on any atom is 0.236 e. The van der Waals surface area contributed by atoms with Gasteiger partial charge in [0.2, 0.25) is 5.91 Å². The van der Waals surface area contributed by atoms with Gasteiger partial charge in [-0.1, -0.05) is 0 Å². The van der Waals surface area contributed by atoms with Gasteiger partial charge in [0.1, 0.15) is 0 Å². The maximum absolute atomic E-state index is 11.2. The van der Waals surface area contributed by atoms with Crippen LogP contribution in [0.1, 0.15) is 11.8 Å². The Bertz CT molecular complexity index is 319. The van der Waals surface area contributed by atoms with Crippen LogP contribution in [0.3, 0.4) is 0 Å². The molecule has 0 aliphatic rings. The number of carbonyl (C=O) groups is 1. The third-order valence-electron chi connectivity index (χ3n) is 1.85. The van der Waals surface area contributed by atoms with Crippen molar-refractivity contribution in [1.29, 1.82) is 0 Å². The summed E-state index contributed by atoms with van der Waals surface area (Å²) in [7, 11) is 1.64. The van der Waals surface area contributed by atoms with E-state index < -0.39 is 0 Å². The first kappa shape index (κ1) is 14.9. The van der Waals surface area contributed by atoms with Crippen LogP contribution in [-0.2, 0) is 11.3 Å². The second kappa shape index (κ2) is 7.22. The molecular weight excluding hydrogens is 300 g/mol. The molecule has 1 rings (SSSR count). The molecule has 0 saturated heterocycles. The molecule has 3 nitrogen and oxygen atoms in total. The molecule has 2 N–H and O–H groups in total. The molecular formula is C9H14BrClN2OS. The lowest BCUT2D eigenvalue weighted by atomic mass is 10.3. The van der Waals surface area contributed by atoms with Gasteiger partial charge in [0.15, 0.2) is 0 Å². The standard InChI is InChI=1S/C9H13BrN2OS.ClH/c1-6(9(13)11-2)12-5-7-3-4-8(10)14-7;/h3-4,6,12H,5H2,1-2H3,(H,11,13);1H/t6-;/m1./s1. The zero-order valence-electron chi connectivity index (χ0n) is 8.54. The Labute approximate surface area is 108 Å². The molecule has 0 saturated carbocycles. The van der Waals surface area contributed by atoms with E-state index in [1.165, 1.54) is 4.88 Å². The van der Waals surface area contributed by atoms with Gasteiger partial charge in [0.05, 0.1) is 9.83 Å². The predicted octanol–water partition coefficient (Wildman–Crippen LogP) is 2.16. The Balaban J connectivity index is 0.00000196. The second-order valence-corrected chi connectivity index (χ2v) is 5.47. The monoisotopic (exact) mass is 312 g/mol. The quantitative estimate of drug-likeness (QED) is 0.894. The molecule has 0 spiro atoms. The van der Waals surface area contributed by atoms with E-state index in [4.69, 9.17) is 0 Å². The molecule has 0 bridgehead atoms. The summed E-state index contributed by atoms with van der Waals surface area (Å²) in [6, 6.07) is 3.89. The zero-order valence-corrected chi connectivity index (χ0v) is 11.8. The Hall–Kier alpha value is -0.100. The van der Waals surface area contributed by atoms with Crippen LogP contribution in [0.4, 0.5) is 0 Å². The van der Waals surface area contributed by atoms with Crippen molar-refractivity contribution in [3.05, 3.63) is 20.8 Å². The third kappa shape index (κ3) is 4.97. The van der Waals surface area contributed by atoms with Crippen LogP contribution in [0.2, 0.25) is 0 Å². The fourth-order valence-corrected chi connectivity index (χ4v) is 2.44. The van der Waals surface area contributed by atoms with Gasteiger partial charge in [-0.05, 0) is 35.0 Å². The van der Waals surface area contributed by atoms with Gasteiger partial charge in [0, 0.05) is 18.5 Å². The summed E-state index contributed by atoms with van der Waals surface area (Å²) in [4.78, 5) is 12.4. The van der Waals surface area contributed by atoms with E-state index in [1.807, 2.05) is 19.1 Å². The van der Waals surface area contributed by atoms with E-state index in [9.17, 15) is 4.79 Å². The van der Waals surface area contributed by atoms with E-state index in [0.29, 0.717) is 0 Å². The van der Waals surface area contributed by atoms with Crippen molar-refractivity contribution in [2.45, 2.75) is 19.5 Å². The van der Waals surface area contributed by atoms with Gasteiger partial charge >= 0.3 is 0 Å². The molecule has 15 heavy (non-hydrogen) atoms. The maximum atomic E-state index is 11.2. The molecule has 86 valence electrons. The molecule has 0 aromatic carbocycles. The van der Waals surface area contributed by atoms with Crippen molar-refractivity contribution in [2.24, 2.45) is 0 Å². The third-order valence-corrected chi connectivity index (χ3v) is 3.47. The van der Waals surface area contributed by atoms with Crippen LogP contribution < -0.4 is 10.6 Å². The van der Waals surface area contributed by atoms with Crippen molar-refractivity contribution in [3.63, 3.8) is 0 Å². The van der Waals surface area contributed by atoms with Crippen molar-refractivity contribution in [2.75, 3.05) is 7.05 Å². The van der Waals surface area contributed by atoms with Crippen LogP contribution in [0.5, 0.6) is 0 Å². The number of amides is 1. The number of thiophene rings is 1. The van der Waals surface area contributed by atoms with Crippen LogP contribution in [-0.4, -0.2) is 19.0 Å². The summed E-state index contributed by atoms with van der Waals surface area (Å²) in [5.41, 5.74) is 0. The van der Waals surface area contributed by atoms with Crippen molar-refractivity contribution in [1.82, 2.24) is 10.6 Å². The molecule has 0 aliphatic heterocycles. The number of rotatable bonds is 4. The lowest BCUT2D eigenvalue weighted by Gasteiger charge is -2.10. The Morgan fingerprint density at radius 1 is 1.60 bits per heavy atom. The number of nitrogens with one attached hydrogen (secondary N) is 2. The number of likely N-dealkylation sites (N-methyl/N-ethyl adjacent to an activating group) is 1. The molecule has 0 fully saturated rings. The molecule has 1 heterocycles.